The highest BCUT2D eigenvalue weighted by Crippen LogP contribution is 2.30. The Labute approximate surface area is 84.6 Å². The topological polar surface area (TPSA) is 74.6 Å². The number of phenols is 1. The molecule has 74 valence electrons. The first kappa shape index (κ1) is 10.6. The summed E-state index contributed by atoms with van der Waals surface area (Å²) in [5.74, 6) is -2.61. The number of carbonyl (C=O) groups excluding carboxylic acids is 1. The SMILES string of the molecule is CSc1c(O)cccc1C(=O)C(=O)O. The highest BCUT2D eigenvalue weighted by Gasteiger charge is 2.19. The average Bonchev–Trinajstić information content (AvgIpc) is 2.16. The van der Waals surface area contributed by atoms with Crippen LogP contribution < -0.4 is 0 Å². The van der Waals surface area contributed by atoms with Crippen molar-refractivity contribution in [2.75, 3.05) is 6.26 Å². The minimum absolute atomic E-state index is 0.0185. The lowest BCUT2D eigenvalue weighted by molar-refractivity contribution is -0.131. The van der Waals surface area contributed by atoms with Crippen molar-refractivity contribution in [2.24, 2.45) is 0 Å². The number of carboxylic acid groups (broad SMARTS) is 1. The average molecular weight is 212 g/mol. The van der Waals surface area contributed by atoms with E-state index in [1.165, 1.54) is 18.2 Å². The van der Waals surface area contributed by atoms with E-state index in [1.54, 1.807) is 6.26 Å². The molecule has 0 radical (unpaired) electrons. The van der Waals surface area contributed by atoms with Gasteiger partial charge in [-0.15, -0.1) is 11.8 Å². The molecule has 0 aliphatic carbocycles. The van der Waals surface area contributed by atoms with Crippen LogP contribution in [0, 0.1) is 0 Å². The van der Waals surface area contributed by atoms with Crippen LogP contribution in [0.1, 0.15) is 10.4 Å². The third kappa shape index (κ3) is 1.88. The number of hydrogen-bond donors (Lipinski definition) is 2. The minimum atomic E-state index is -1.52. The Morgan fingerprint density at radius 2 is 2.00 bits per heavy atom. The number of ketones is 1. The molecule has 1 aromatic carbocycles. The van der Waals surface area contributed by atoms with Crippen molar-refractivity contribution < 1.29 is 19.8 Å². The standard InChI is InChI=1S/C9H8O4S/c1-14-8-5(7(11)9(12)13)3-2-4-6(8)10/h2-4,10H,1H3,(H,12,13). The molecule has 0 saturated carbocycles. The Balaban J connectivity index is 3.27. The maximum atomic E-state index is 11.2. The second kappa shape index (κ2) is 4.15. The van der Waals surface area contributed by atoms with Crippen molar-refractivity contribution in [3.63, 3.8) is 0 Å². The highest BCUT2D eigenvalue weighted by atomic mass is 32.2. The van der Waals surface area contributed by atoms with Gasteiger partial charge < -0.3 is 10.2 Å². The number of carboxylic acids is 1. The van der Waals surface area contributed by atoms with E-state index in [2.05, 4.69) is 0 Å². The summed E-state index contributed by atoms with van der Waals surface area (Å²) >= 11 is 1.13. The van der Waals surface area contributed by atoms with E-state index in [-0.39, 0.29) is 11.3 Å². The maximum absolute atomic E-state index is 11.2. The van der Waals surface area contributed by atoms with E-state index in [0.717, 1.165) is 11.8 Å². The molecule has 1 rings (SSSR count). The van der Waals surface area contributed by atoms with Gasteiger partial charge in [0.25, 0.3) is 5.78 Å². The van der Waals surface area contributed by atoms with Crippen molar-refractivity contribution in [1.82, 2.24) is 0 Å². The fourth-order valence-electron chi connectivity index (χ4n) is 1.03. The Morgan fingerprint density at radius 1 is 1.36 bits per heavy atom. The second-order valence-corrected chi connectivity index (χ2v) is 3.31. The van der Waals surface area contributed by atoms with Crippen LogP contribution in [0.25, 0.3) is 0 Å². The molecule has 0 atom stereocenters. The predicted octanol–water partition coefficient (Wildman–Crippen LogP) is 1.38. The summed E-state index contributed by atoms with van der Waals surface area (Å²) in [6.45, 7) is 0. The Morgan fingerprint density at radius 3 is 2.50 bits per heavy atom. The van der Waals surface area contributed by atoms with Crippen molar-refractivity contribution in [3.8, 4) is 5.75 Å². The molecule has 0 aliphatic rings. The molecule has 0 amide bonds. The van der Waals surface area contributed by atoms with Crippen molar-refractivity contribution in [3.05, 3.63) is 23.8 Å². The predicted molar refractivity (Wildman–Crippen MR) is 51.9 cm³/mol. The molecule has 2 N–H and O–H groups in total. The van der Waals surface area contributed by atoms with E-state index in [9.17, 15) is 14.7 Å². The van der Waals surface area contributed by atoms with E-state index >= 15 is 0 Å². The monoisotopic (exact) mass is 212 g/mol. The maximum Gasteiger partial charge on any atom is 0.377 e. The summed E-state index contributed by atoms with van der Waals surface area (Å²) < 4.78 is 0. The third-order valence-electron chi connectivity index (χ3n) is 1.64. The normalized spacial score (nSPS) is 9.79. The smallest absolute Gasteiger partial charge is 0.377 e. The van der Waals surface area contributed by atoms with Crippen molar-refractivity contribution >= 4 is 23.5 Å². The van der Waals surface area contributed by atoms with Gasteiger partial charge in [0.15, 0.2) is 0 Å². The number of benzene rings is 1. The van der Waals surface area contributed by atoms with E-state index in [0.29, 0.717) is 4.90 Å². The molecular weight excluding hydrogens is 204 g/mol. The fraction of sp³-hybridized carbons (Fsp3) is 0.111. The fourth-order valence-corrected chi connectivity index (χ4v) is 1.69. The Kier molecular flexibility index (Phi) is 3.14. The number of aromatic hydroxyl groups is 1. The lowest BCUT2D eigenvalue weighted by Gasteiger charge is -2.05. The molecule has 0 fully saturated rings. The number of rotatable bonds is 3. The van der Waals surface area contributed by atoms with Crippen LogP contribution in [0.15, 0.2) is 23.1 Å². The molecule has 0 saturated heterocycles. The number of aliphatic carboxylic acids is 1. The number of carbonyl (C=O) groups is 2. The van der Waals surface area contributed by atoms with E-state index in [1.807, 2.05) is 0 Å². The zero-order chi connectivity index (χ0) is 10.7. The zero-order valence-electron chi connectivity index (χ0n) is 7.35. The molecule has 1 aromatic rings. The first-order valence-corrected chi connectivity index (χ1v) is 4.94. The first-order chi connectivity index (χ1) is 6.57. The van der Waals surface area contributed by atoms with Crippen LogP contribution in [-0.2, 0) is 4.79 Å². The van der Waals surface area contributed by atoms with Gasteiger partial charge in [-0.25, -0.2) is 4.79 Å². The van der Waals surface area contributed by atoms with Gasteiger partial charge in [0.1, 0.15) is 5.75 Å². The molecule has 0 aromatic heterocycles. The molecule has 5 heteroatoms. The summed E-state index contributed by atoms with van der Waals surface area (Å²) in [4.78, 5) is 21.9. The van der Waals surface area contributed by atoms with Gasteiger partial charge in [0, 0.05) is 5.56 Å². The van der Waals surface area contributed by atoms with Crippen LogP contribution in [-0.4, -0.2) is 28.2 Å². The third-order valence-corrected chi connectivity index (χ3v) is 2.47. The molecule has 14 heavy (non-hydrogen) atoms. The summed E-state index contributed by atoms with van der Waals surface area (Å²) in [7, 11) is 0. The molecule has 4 nitrogen and oxygen atoms in total. The molecule has 0 spiro atoms. The van der Waals surface area contributed by atoms with Crippen LogP contribution >= 0.6 is 11.8 Å². The summed E-state index contributed by atoms with van der Waals surface area (Å²) in [5, 5.41) is 17.9. The molecule has 0 unspecified atom stereocenters. The molecule has 0 heterocycles. The van der Waals surface area contributed by atoms with Gasteiger partial charge in [0.2, 0.25) is 0 Å². The lowest BCUT2D eigenvalue weighted by Crippen LogP contribution is -2.13. The Bertz CT molecular complexity index is 386. The van der Waals surface area contributed by atoms with Crippen LogP contribution in [0.2, 0.25) is 0 Å². The molecule has 0 aliphatic heterocycles. The van der Waals surface area contributed by atoms with Gasteiger partial charge in [-0.1, -0.05) is 6.07 Å². The van der Waals surface area contributed by atoms with Crippen molar-refractivity contribution in [2.45, 2.75) is 4.90 Å². The van der Waals surface area contributed by atoms with E-state index < -0.39 is 11.8 Å². The quantitative estimate of drug-likeness (QED) is 0.450. The van der Waals surface area contributed by atoms with Gasteiger partial charge in [-0.2, -0.15) is 0 Å². The first-order valence-electron chi connectivity index (χ1n) is 3.71. The largest absolute Gasteiger partial charge is 0.507 e. The lowest BCUT2D eigenvalue weighted by atomic mass is 10.1. The van der Waals surface area contributed by atoms with Crippen LogP contribution in [0.3, 0.4) is 0 Å². The van der Waals surface area contributed by atoms with Gasteiger partial charge in [-0.3, -0.25) is 4.79 Å². The van der Waals surface area contributed by atoms with Crippen LogP contribution in [0.4, 0.5) is 0 Å². The number of Topliss-reactive ketones (excluding diaryl/α,β-unsaturated/α-hetero) is 1. The summed E-state index contributed by atoms with van der Waals surface area (Å²) in [6, 6.07) is 4.22. The summed E-state index contributed by atoms with van der Waals surface area (Å²) in [6.07, 6.45) is 1.66. The number of hydrogen-bond acceptors (Lipinski definition) is 4. The minimum Gasteiger partial charge on any atom is -0.507 e. The van der Waals surface area contributed by atoms with Gasteiger partial charge in [-0.05, 0) is 18.4 Å². The zero-order valence-corrected chi connectivity index (χ0v) is 8.17. The van der Waals surface area contributed by atoms with Crippen LogP contribution in [0.5, 0.6) is 5.75 Å². The second-order valence-electron chi connectivity index (χ2n) is 2.49. The summed E-state index contributed by atoms with van der Waals surface area (Å²) in [5.41, 5.74) is 0.0185. The Hall–Kier alpha value is -1.49. The highest BCUT2D eigenvalue weighted by molar-refractivity contribution is 7.98. The number of phenolic OH excluding ortho intramolecular Hbond substituents is 1. The number of thioether (sulfide) groups is 1. The molecular formula is C9H8O4S. The van der Waals surface area contributed by atoms with Gasteiger partial charge in [0.05, 0.1) is 4.90 Å². The van der Waals surface area contributed by atoms with E-state index in [4.69, 9.17) is 5.11 Å². The molecule has 0 bridgehead atoms. The van der Waals surface area contributed by atoms with Crippen molar-refractivity contribution in [1.29, 1.82) is 0 Å². The van der Waals surface area contributed by atoms with Gasteiger partial charge >= 0.3 is 5.97 Å².